The number of likely N-dealkylation sites (N-methyl/N-ethyl adjacent to an activating group) is 3. The SMILES string of the molecule is CNC(C)(CCCCN(C)CCN(C)C)C(N)=O. The Morgan fingerprint density at radius 1 is 1.17 bits per heavy atom. The van der Waals surface area contributed by atoms with E-state index in [1.54, 1.807) is 7.05 Å². The maximum atomic E-state index is 11.3. The van der Waals surface area contributed by atoms with E-state index in [1.165, 1.54) is 0 Å². The molecular formula is C13H30N4O. The van der Waals surface area contributed by atoms with E-state index in [4.69, 9.17) is 5.73 Å². The minimum absolute atomic E-state index is 0.272. The topological polar surface area (TPSA) is 61.6 Å². The molecule has 0 rings (SSSR count). The van der Waals surface area contributed by atoms with E-state index in [0.717, 1.165) is 38.9 Å². The van der Waals surface area contributed by atoms with Crippen molar-refractivity contribution in [2.75, 3.05) is 47.8 Å². The highest BCUT2D eigenvalue weighted by molar-refractivity contribution is 5.84. The molecule has 5 nitrogen and oxygen atoms in total. The van der Waals surface area contributed by atoms with Gasteiger partial charge in [-0.15, -0.1) is 0 Å². The minimum Gasteiger partial charge on any atom is -0.368 e. The maximum absolute atomic E-state index is 11.3. The van der Waals surface area contributed by atoms with Gasteiger partial charge in [-0.1, -0.05) is 0 Å². The van der Waals surface area contributed by atoms with Crippen LogP contribution in [0.25, 0.3) is 0 Å². The van der Waals surface area contributed by atoms with Crippen molar-refractivity contribution < 1.29 is 4.79 Å². The van der Waals surface area contributed by atoms with E-state index in [9.17, 15) is 4.79 Å². The van der Waals surface area contributed by atoms with Gasteiger partial charge in [-0.05, 0) is 60.9 Å². The van der Waals surface area contributed by atoms with E-state index in [1.807, 2.05) is 6.92 Å². The predicted octanol–water partition coefficient (Wildman–Crippen LogP) is 0.114. The summed E-state index contributed by atoms with van der Waals surface area (Å²) in [5.74, 6) is -0.272. The summed E-state index contributed by atoms with van der Waals surface area (Å²) in [6.07, 6.45) is 2.89. The van der Waals surface area contributed by atoms with E-state index in [2.05, 4.69) is 36.3 Å². The van der Waals surface area contributed by atoms with Gasteiger partial charge in [0, 0.05) is 13.1 Å². The first-order valence-electron chi connectivity index (χ1n) is 6.64. The lowest BCUT2D eigenvalue weighted by Gasteiger charge is -2.26. The monoisotopic (exact) mass is 258 g/mol. The first-order chi connectivity index (χ1) is 8.31. The van der Waals surface area contributed by atoms with Gasteiger partial charge in [-0.2, -0.15) is 0 Å². The molecule has 0 spiro atoms. The lowest BCUT2D eigenvalue weighted by molar-refractivity contribution is -0.123. The number of amides is 1. The van der Waals surface area contributed by atoms with E-state index in [0.29, 0.717) is 0 Å². The van der Waals surface area contributed by atoms with Crippen molar-refractivity contribution in [1.29, 1.82) is 0 Å². The molecule has 0 heterocycles. The fraction of sp³-hybridized carbons (Fsp3) is 0.923. The number of rotatable bonds is 10. The number of nitrogens with two attached hydrogens (primary N) is 1. The quantitative estimate of drug-likeness (QED) is 0.546. The van der Waals surface area contributed by atoms with Gasteiger partial charge < -0.3 is 20.9 Å². The van der Waals surface area contributed by atoms with Crippen molar-refractivity contribution in [3.63, 3.8) is 0 Å². The molecule has 0 bridgehead atoms. The molecule has 0 aromatic rings. The van der Waals surface area contributed by atoms with Crippen molar-refractivity contribution >= 4 is 5.91 Å². The summed E-state index contributed by atoms with van der Waals surface area (Å²) in [4.78, 5) is 15.8. The van der Waals surface area contributed by atoms with Crippen LogP contribution in [0.1, 0.15) is 26.2 Å². The Morgan fingerprint density at radius 2 is 1.78 bits per heavy atom. The normalized spacial score (nSPS) is 15.1. The highest BCUT2D eigenvalue weighted by atomic mass is 16.1. The van der Waals surface area contributed by atoms with Crippen molar-refractivity contribution in [3.8, 4) is 0 Å². The molecule has 1 atom stereocenters. The van der Waals surface area contributed by atoms with E-state index < -0.39 is 5.54 Å². The van der Waals surface area contributed by atoms with Crippen LogP contribution in [0.2, 0.25) is 0 Å². The van der Waals surface area contributed by atoms with Gasteiger partial charge in [0.05, 0.1) is 5.54 Å². The minimum atomic E-state index is -0.567. The molecule has 0 aromatic carbocycles. The number of primary amides is 1. The van der Waals surface area contributed by atoms with Crippen molar-refractivity contribution in [1.82, 2.24) is 15.1 Å². The Hall–Kier alpha value is -0.650. The van der Waals surface area contributed by atoms with Crippen LogP contribution in [0.15, 0.2) is 0 Å². The summed E-state index contributed by atoms with van der Waals surface area (Å²) in [7, 11) is 8.08. The molecule has 108 valence electrons. The molecule has 3 N–H and O–H groups in total. The smallest absolute Gasteiger partial charge is 0.237 e. The zero-order chi connectivity index (χ0) is 14.2. The standard InChI is InChI=1S/C13H30N4O/c1-13(15-2,12(14)18)8-6-7-9-17(5)11-10-16(3)4/h15H,6-11H2,1-5H3,(H2,14,18). The molecule has 0 saturated carbocycles. The highest BCUT2D eigenvalue weighted by Gasteiger charge is 2.27. The summed E-state index contributed by atoms with van der Waals surface area (Å²) in [6, 6.07) is 0. The van der Waals surface area contributed by atoms with Gasteiger partial charge >= 0.3 is 0 Å². The maximum Gasteiger partial charge on any atom is 0.237 e. The molecular weight excluding hydrogens is 228 g/mol. The second kappa shape index (κ2) is 8.45. The number of hydrogen-bond donors (Lipinski definition) is 2. The van der Waals surface area contributed by atoms with Crippen LogP contribution in [0.4, 0.5) is 0 Å². The molecule has 0 fully saturated rings. The summed E-state index contributed by atoms with van der Waals surface area (Å²) < 4.78 is 0. The van der Waals surface area contributed by atoms with Crippen LogP contribution >= 0.6 is 0 Å². The van der Waals surface area contributed by atoms with Gasteiger partial charge in [-0.3, -0.25) is 4.79 Å². The lowest BCUT2D eigenvalue weighted by Crippen LogP contribution is -2.51. The fourth-order valence-electron chi connectivity index (χ4n) is 1.71. The average Bonchev–Trinajstić information content (AvgIpc) is 2.31. The second-order valence-electron chi connectivity index (χ2n) is 5.51. The Kier molecular flexibility index (Phi) is 8.15. The molecule has 0 saturated heterocycles. The molecule has 0 aliphatic carbocycles. The number of carbonyl (C=O) groups excluding carboxylic acids is 1. The van der Waals surface area contributed by atoms with Crippen molar-refractivity contribution in [2.45, 2.75) is 31.7 Å². The van der Waals surface area contributed by atoms with Crippen LogP contribution in [-0.2, 0) is 4.79 Å². The number of nitrogens with one attached hydrogen (secondary N) is 1. The van der Waals surface area contributed by atoms with Crippen LogP contribution < -0.4 is 11.1 Å². The molecule has 1 amide bonds. The summed E-state index contributed by atoms with van der Waals surface area (Å²) in [5, 5.41) is 3.01. The molecule has 0 radical (unpaired) electrons. The predicted molar refractivity (Wildman–Crippen MR) is 76.6 cm³/mol. The Balaban J connectivity index is 3.75. The van der Waals surface area contributed by atoms with Crippen LogP contribution in [-0.4, -0.2) is 69.1 Å². The summed E-state index contributed by atoms with van der Waals surface area (Å²) in [5.41, 5.74) is 4.82. The van der Waals surface area contributed by atoms with Gasteiger partial charge in [0.25, 0.3) is 0 Å². The third-order valence-corrected chi connectivity index (χ3v) is 3.49. The van der Waals surface area contributed by atoms with E-state index >= 15 is 0 Å². The number of hydrogen-bond acceptors (Lipinski definition) is 4. The molecule has 5 heteroatoms. The summed E-state index contributed by atoms with van der Waals surface area (Å²) >= 11 is 0. The molecule has 18 heavy (non-hydrogen) atoms. The molecule has 0 aliphatic heterocycles. The third-order valence-electron chi connectivity index (χ3n) is 3.49. The number of unbranched alkanes of at least 4 members (excludes halogenated alkanes) is 1. The first-order valence-corrected chi connectivity index (χ1v) is 6.64. The van der Waals surface area contributed by atoms with Gasteiger partial charge in [0.1, 0.15) is 0 Å². The van der Waals surface area contributed by atoms with Gasteiger partial charge in [0.2, 0.25) is 5.91 Å². The van der Waals surface area contributed by atoms with Gasteiger partial charge in [-0.25, -0.2) is 0 Å². The van der Waals surface area contributed by atoms with Crippen molar-refractivity contribution in [3.05, 3.63) is 0 Å². The van der Waals surface area contributed by atoms with Crippen LogP contribution in [0.5, 0.6) is 0 Å². The number of nitrogens with zero attached hydrogens (tertiary/aromatic N) is 2. The first kappa shape index (κ1) is 17.4. The third kappa shape index (κ3) is 6.93. The lowest BCUT2D eigenvalue weighted by atomic mass is 9.94. The second-order valence-corrected chi connectivity index (χ2v) is 5.51. The summed E-state index contributed by atoms with van der Waals surface area (Å²) in [6.45, 7) is 5.08. The average molecular weight is 258 g/mol. The zero-order valence-corrected chi connectivity index (χ0v) is 12.6. The Labute approximate surface area is 112 Å². The van der Waals surface area contributed by atoms with Crippen LogP contribution in [0, 0.1) is 0 Å². The Morgan fingerprint density at radius 3 is 2.22 bits per heavy atom. The van der Waals surface area contributed by atoms with Crippen LogP contribution in [0.3, 0.4) is 0 Å². The zero-order valence-electron chi connectivity index (χ0n) is 12.6. The van der Waals surface area contributed by atoms with Gasteiger partial charge in [0.15, 0.2) is 0 Å². The molecule has 0 aliphatic rings. The highest BCUT2D eigenvalue weighted by Crippen LogP contribution is 2.12. The Bertz CT molecular complexity index is 245. The molecule has 0 aromatic heterocycles. The van der Waals surface area contributed by atoms with Crippen molar-refractivity contribution in [2.24, 2.45) is 5.73 Å². The largest absolute Gasteiger partial charge is 0.368 e. The number of carbonyl (C=O) groups is 1. The van der Waals surface area contributed by atoms with E-state index in [-0.39, 0.29) is 5.91 Å². The fourth-order valence-corrected chi connectivity index (χ4v) is 1.71. The molecule has 1 unspecified atom stereocenters.